The van der Waals surface area contributed by atoms with Gasteiger partial charge in [0, 0.05) is 0 Å². The molecule has 1 radical (unpaired) electrons. The van der Waals surface area contributed by atoms with E-state index < -0.39 is 5.72 Å². The van der Waals surface area contributed by atoms with E-state index in [1.165, 1.54) is 6.29 Å². The smallest absolute Gasteiger partial charge is 0.249 e. The monoisotopic (exact) mass is 102 g/mol. The molecule has 0 spiro atoms. The molecule has 0 aromatic carbocycles. The number of hydrogen-bond acceptors (Lipinski definition) is 3. The van der Waals surface area contributed by atoms with Gasteiger partial charge in [-0.1, -0.05) is 6.92 Å². The SMILES string of the molecule is CCC(N)(O)[C]=O. The second kappa shape index (κ2) is 2.04. The number of carbonyl (C=O) groups excluding carboxylic acids is 1. The molecule has 0 rings (SSSR count). The van der Waals surface area contributed by atoms with Crippen molar-refractivity contribution in [1.82, 2.24) is 0 Å². The van der Waals surface area contributed by atoms with Gasteiger partial charge in [0.1, 0.15) is 0 Å². The van der Waals surface area contributed by atoms with E-state index in [2.05, 4.69) is 0 Å². The van der Waals surface area contributed by atoms with Crippen molar-refractivity contribution >= 4 is 6.29 Å². The van der Waals surface area contributed by atoms with Gasteiger partial charge < -0.3 is 5.11 Å². The van der Waals surface area contributed by atoms with Crippen molar-refractivity contribution in [3.05, 3.63) is 0 Å². The van der Waals surface area contributed by atoms with Crippen LogP contribution in [-0.4, -0.2) is 17.1 Å². The molecule has 0 saturated heterocycles. The van der Waals surface area contributed by atoms with E-state index in [-0.39, 0.29) is 6.42 Å². The summed E-state index contributed by atoms with van der Waals surface area (Å²) < 4.78 is 0. The van der Waals surface area contributed by atoms with Crippen LogP contribution >= 0.6 is 0 Å². The van der Waals surface area contributed by atoms with E-state index in [0.717, 1.165) is 0 Å². The van der Waals surface area contributed by atoms with E-state index in [1.54, 1.807) is 6.92 Å². The van der Waals surface area contributed by atoms with E-state index >= 15 is 0 Å². The van der Waals surface area contributed by atoms with Gasteiger partial charge in [-0.15, -0.1) is 0 Å². The molecule has 1 unspecified atom stereocenters. The Morgan fingerprint density at radius 3 is 2.43 bits per heavy atom. The average molecular weight is 102 g/mol. The fraction of sp³-hybridized carbons (Fsp3) is 0.750. The predicted octanol–water partition coefficient (Wildman–Crippen LogP) is -0.847. The third kappa shape index (κ3) is 2.31. The molecule has 0 bridgehead atoms. The summed E-state index contributed by atoms with van der Waals surface area (Å²) in [5.74, 6) is 0. The van der Waals surface area contributed by atoms with Gasteiger partial charge in [0.15, 0.2) is 5.72 Å². The Hall–Kier alpha value is -0.410. The Labute approximate surface area is 42.1 Å². The quantitative estimate of drug-likeness (QED) is 0.446. The minimum absolute atomic E-state index is 0.205. The van der Waals surface area contributed by atoms with Crippen LogP contribution in [0.2, 0.25) is 0 Å². The normalized spacial score (nSPS) is 18.1. The van der Waals surface area contributed by atoms with Crippen LogP contribution in [0.4, 0.5) is 0 Å². The fourth-order valence-corrected chi connectivity index (χ4v) is 0.0722. The van der Waals surface area contributed by atoms with Gasteiger partial charge in [0.05, 0.1) is 0 Å². The maximum atomic E-state index is 9.56. The van der Waals surface area contributed by atoms with Gasteiger partial charge in [-0.25, -0.2) is 0 Å². The lowest BCUT2D eigenvalue weighted by Gasteiger charge is -2.08. The Kier molecular flexibility index (Phi) is 1.92. The van der Waals surface area contributed by atoms with E-state index in [0.29, 0.717) is 0 Å². The lowest BCUT2D eigenvalue weighted by Crippen LogP contribution is -2.40. The van der Waals surface area contributed by atoms with Crippen LogP contribution in [-0.2, 0) is 4.79 Å². The predicted molar refractivity (Wildman–Crippen MR) is 25.1 cm³/mol. The highest BCUT2D eigenvalue weighted by Gasteiger charge is 2.16. The van der Waals surface area contributed by atoms with Crippen molar-refractivity contribution < 1.29 is 9.90 Å². The number of nitrogens with two attached hydrogens (primary N) is 1. The highest BCUT2D eigenvalue weighted by atomic mass is 16.3. The molecule has 0 aromatic heterocycles. The van der Waals surface area contributed by atoms with Gasteiger partial charge >= 0.3 is 0 Å². The summed E-state index contributed by atoms with van der Waals surface area (Å²) in [5.41, 5.74) is 3.13. The van der Waals surface area contributed by atoms with Crippen molar-refractivity contribution in [3.63, 3.8) is 0 Å². The number of rotatable bonds is 2. The van der Waals surface area contributed by atoms with Crippen LogP contribution in [0.15, 0.2) is 0 Å². The van der Waals surface area contributed by atoms with Crippen molar-refractivity contribution in [2.24, 2.45) is 5.73 Å². The summed E-state index contributed by atoms with van der Waals surface area (Å²) in [4.78, 5) is 9.56. The van der Waals surface area contributed by atoms with E-state index in [1.807, 2.05) is 0 Å². The first-order chi connectivity index (χ1) is 3.12. The Bertz CT molecular complexity index is 70.1. The standard InChI is InChI=1S/C4H8NO2/c1-2-4(5,7)3-6/h7H,2,5H2,1H3. The van der Waals surface area contributed by atoms with E-state index in [4.69, 9.17) is 10.8 Å². The third-order valence-corrected chi connectivity index (χ3v) is 0.716. The van der Waals surface area contributed by atoms with Crippen molar-refractivity contribution in [3.8, 4) is 0 Å². The lowest BCUT2D eigenvalue weighted by atomic mass is 10.2. The topological polar surface area (TPSA) is 63.3 Å². The minimum Gasteiger partial charge on any atom is -0.369 e. The zero-order chi connectivity index (χ0) is 5.91. The van der Waals surface area contributed by atoms with Gasteiger partial charge in [-0.3, -0.25) is 10.5 Å². The van der Waals surface area contributed by atoms with Crippen LogP contribution < -0.4 is 5.73 Å². The first-order valence-corrected chi connectivity index (χ1v) is 2.03. The van der Waals surface area contributed by atoms with Crippen molar-refractivity contribution in [1.29, 1.82) is 0 Å². The first kappa shape index (κ1) is 6.59. The number of hydrogen-bond donors (Lipinski definition) is 2. The third-order valence-electron chi connectivity index (χ3n) is 0.716. The minimum atomic E-state index is -1.72. The molecule has 3 nitrogen and oxygen atoms in total. The summed E-state index contributed by atoms with van der Waals surface area (Å²) >= 11 is 0. The Morgan fingerprint density at radius 1 is 2.00 bits per heavy atom. The molecule has 0 amide bonds. The summed E-state index contributed by atoms with van der Waals surface area (Å²) in [6.07, 6.45) is 1.48. The van der Waals surface area contributed by atoms with E-state index in [9.17, 15) is 4.79 Å². The summed E-state index contributed by atoms with van der Waals surface area (Å²) in [6, 6.07) is 0. The van der Waals surface area contributed by atoms with Crippen LogP contribution in [0.3, 0.4) is 0 Å². The molecule has 0 fully saturated rings. The fourth-order valence-electron chi connectivity index (χ4n) is 0.0722. The molecule has 0 saturated carbocycles. The molecule has 1 atom stereocenters. The molecular weight excluding hydrogens is 94.0 g/mol. The highest BCUT2D eigenvalue weighted by molar-refractivity contribution is 5.61. The van der Waals surface area contributed by atoms with Crippen LogP contribution in [0.25, 0.3) is 0 Å². The molecule has 3 heteroatoms. The average Bonchev–Trinajstić information content (AvgIpc) is 1.68. The summed E-state index contributed by atoms with van der Waals surface area (Å²) in [5, 5.41) is 8.49. The number of aliphatic hydroxyl groups is 1. The second-order valence-electron chi connectivity index (χ2n) is 1.38. The van der Waals surface area contributed by atoms with Crippen LogP contribution in [0, 0.1) is 0 Å². The largest absolute Gasteiger partial charge is 0.369 e. The maximum absolute atomic E-state index is 9.56. The zero-order valence-electron chi connectivity index (χ0n) is 4.14. The molecule has 0 heterocycles. The Balaban J connectivity index is 3.58. The van der Waals surface area contributed by atoms with Gasteiger partial charge in [-0.2, -0.15) is 0 Å². The van der Waals surface area contributed by atoms with Crippen molar-refractivity contribution in [2.75, 3.05) is 0 Å². The first-order valence-electron chi connectivity index (χ1n) is 2.03. The second-order valence-corrected chi connectivity index (χ2v) is 1.38. The maximum Gasteiger partial charge on any atom is 0.249 e. The highest BCUT2D eigenvalue weighted by Crippen LogP contribution is 1.92. The molecule has 0 aromatic rings. The molecule has 0 aliphatic rings. The summed E-state index contributed by atoms with van der Waals surface area (Å²) in [7, 11) is 0. The van der Waals surface area contributed by atoms with Gasteiger partial charge in [0.25, 0.3) is 0 Å². The molecule has 0 aliphatic heterocycles. The van der Waals surface area contributed by atoms with Crippen LogP contribution in [0.5, 0.6) is 0 Å². The molecule has 0 aliphatic carbocycles. The van der Waals surface area contributed by atoms with Gasteiger partial charge in [0.2, 0.25) is 6.29 Å². The summed E-state index contributed by atoms with van der Waals surface area (Å²) in [6.45, 7) is 1.60. The molecule has 7 heavy (non-hydrogen) atoms. The van der Waals surface area contributed by atoms with Crippen LogP contribution in [0.1, 0.15) is 13.3 Å². The van der Waals surface area contributed by atoms with Gasteiger partial charge in [-0.05, 0) is 6.42 Å². The van der Waals surface area contributed by atoms with Crippen molar-refractivity contribution in [2.45, 2.75) is 19.1 Å². The lowest BCUT2D eigenvalue weighted by molar-refractivity contribution is 0.111. The molecule has 41 valence electrons. The zero-order valence-corrected chi connectivity index (χ0v) is 4.14. The Morgan fingerprint density at radius 2 is 2.43 bits per heavy atom. The molecular formula is C4H8NO2. The molecule has 3 N–H and O–H groups in total.